The maximum Gasteiger partial charge on any atom is 0.227 e. The Bertz CT molecular complexity index is 275. The zero-order valence-corrected chi connectivity index (χ0v) is 10.8. The quantitative estimate of drug-likeness (QED) is 0.732. The van der Waals surface area contributed by atoms with Crippen LogP contribution in [0.25, 0.3) is 0 Å². The van der Waals surface area contributed by atoms with Crippen molar-refractivity contribution in [2.75, 3.05) is 26.2 Å². The average molecular weight is 224 g/mol. The Labute approximate surface area is 98.6 Å². The van der Waals surface area contributed by atoms with Gasteiger partial charge in [-0.3, -0.25) is 4.79 Å². The van der Waals surface area contributed by atoms with Gasteiger partial charge in [0, 0.05) is 19.6 Å². The van der Waals surface area contributed by atoms with Crippen molar-refractivity contribution in [3.8, 4) is 0 Å². The summed E-state index contributed by atoms with van der Waals surface area (Å²) in [4.78, 5) is 14.5. The van der Waals surface area contributed by atoms with Gasteiger partial charge in [-0.1, -0.05) is 20.8 Å². The molecule has 0 bridgehead atoms. The number of nitrogens with one attached hydrogen (secondary N) is 1. The van der Waals surface area contributed by atoms with Gasteiger partial charge in [-0.05, 0) is 30.7 Å². The van der Waals surface area contributed by atoms with Gasteiger partial charge >= 0.3 is 0 Å². The minimum absolute atomic E-state index is 0.217. The van der Waals surface area contributed by atoms with Crippen LogP contribution in [0.15, 0.2) is 0 Å². The highest BCUT2D eigenvalue weighted by Gasteiger charge is 2.36. The van der Waals surface area contributed by atoms with Crippen LogP contribution in [0, 0.1) is 17.3 Å². The van der Waals surface area contributed by atoms with Gasteiger partial charge in [0.15, 0.2) is 0 Å². The van der Waals surface area contributed by atoms with E-state index in [1.165, 1.54) is 6.42 Å². The number of carbonyl (C=O) groups excluding carboxylic acids is 1. The first-order valence-electron chi connectivity index (χ1n) is 6.49. The smallest absolute Gasteiger partial charge is 0.227 e. The van der Waals surface area contributed by atoms with Gasteiger partial charge in [-0.25, -0.2) is 0 Å². The van der Waals surface area contributed by atoms with Crippen molar-refractivity contribution in [2.24, 2.45) is 17.3 Å². The topological polar surface area (TPSA) is 32.3 Å². The molecule has 2 saturated heterocycles. The molecule has 2 atom stereocenters. The second-order valence-electron chi connectivity index (χ2n) is 6.27. The van der Waals surface area contributed by atoms with Gasteiger partial charge in [-0.2, -0.15) is 0 Å². The van der Waals surface area contributed by atoms with Gasteiger partial charge in [0.1, 0.15) is 0 Å². The monoisotopic (exact) mass is 224 g/mol. The van der Waals surface area contributed by atoms with E-state index in [4.69, 9.17) is 0 Å². The average Bonchev–Trinajstić information content (AvgIpc) is 2.62. The molecule has 0 saturated carbocycles. The second-order valence-corrected chi connectivity index (χ2v) is 6.27. The van der Waals surface area contributed by atoms with Crippen molar-refractivity contribution >= 4 is 5.91 Å². The largest absolute Gasteiger partial charge is 0.342 e. The van der Waals surface area contributed by atoms with Crippen molar-refractivity contribution in [1.82, 2.24) is 10.2 Å². The fraction of sp³-hybridized carbons (Fsp3) is 0.923. The van der Waals surface area contributed by atoms with E-state index in [9.17, 15) is 4.79 Å². The van der Waals surface area contributed by atoms with E-state index in [1.807, 2.05) is 0 Å². The summed E-state index contributed by atoms with van der Waals surface area (Å²) < 4.78 is 0. The predicted molar refractivity (Wildman–Crippen MR) is 65.1 cm³/mol. The van der Waals surface area contributed by atoms with E-state index in [0.717, 1.165) is 32.6 Å². The highest BCUT2D eigenvalue weighted by molar-refractivity contribution is 5.80. The Morgan fingerprint density at radius 3 is 2.69 bits per heavy atom. The Balaban J connectivity index is 1.99. The summed E-state index contributed by atoms with van der Waals surface area (Å²) in [5, 5.41) is 3.32. The molecule has 1 N–H and O–H groups in total. The third-order valence-electron chi connectivity index (χ3n) is 4.05. The lowest BCUT2D eigenvalue weighted by Gasteiger charge is -2.39. The van der Waals surface area contributed by atoms with Crippen LogP contribution in [0.5, 0.6) is 0 Å². The molecule has 3 nitrogen and oxygen atoms in total. The Morgan fingerprint density at radius 1 is 1.38 bits per heavy atom. The molecule has 0 aromatic carbocycles. The number of hydrogen-bond donors (Lipinski definition) is 1. The summed E-state index contributed by atoms with van der Waals surface area (Å²) in [7, 11) is 0. The van der Waals surface area contributed by atoms with Gasteiger partial charge in [0.2, 0.25) is 5.91 Å². The van der Waals surface area contributed by atoms with Crippen molar-refractivity contribution in [3.63, 3.8) is 0 Å². The minimum Gasteiger partial charge on any atom is -0.342 e. The first-order chi connectivity index (χ1) is 7.49. The number of carbonyl (C=O) groups is 1. The third kappa shape index (κ3) is 2.40. The molecule has 0 aliphatic carbocycles. The predicted octanol–water partition coefficient (Wildman–Crippen LogP) is 1.49. The van der Waals surface area contributed by atoms with Gasteiger partial charge < -0.3 is 10.2 Å². The number of rotatable bonds is 1. The lowest BCUT2D eigenvalue weighted by Crippen LogP contribution is -2.47. The molecule has 0 aromatic rings. The summed E-state index contributed by atoms with van der Waals surface area (Å²) >= 11 is 0. The van der Waals surface area contributed by atoms with E-state index in [0.29, 0.717) is 17.2 Å². The van der Waals surface area contributed by atoms with Crippen LogP contribution >= 0.6 is 0 Å². The standard InChI is InChI=1S/C13H24N2O/c1-10-7-14-8-11(10)12(16)15-6-4-5-13(2,3)9-15/h10-11,14H,4-9H2,1-3H3. The van der Waals surface area contributed by atoms with Crippen LogP contribution < -0.4 is 5.32 Å². The molecule has 92 valence electrons. The maximum atomic E-state index is 12.4. The minimum atomic E-state index is 0.217. The summed E-state index contributed by atoms with van der Waals surface area (Å²) in [5.41, 5.74) is 0.309. The summed E-state index contributed by atoms with van der Waals surface area (Å²) in [6, 6.07) is 0. The molecule has 2 aliphatic heterocycles. The van der Waals surface area contributed by atoms with E-state index in [2.05, 4.69) is 31.0 Å². The molecular weight excluding hydrogens is 200 g/mol. The van der Waals surface area contributed by atoms with Crippen LogP contribution in [-0.2, 0) is 4.79 Å². The zero-order valence-electron chi connectivity index (χ0n) is 10.8. The lowest BCUT2D eigenvalue weighted by atomic mass is 9.83. The third-order valence-corrected chi connectivity index (χ3v) is 4.05. The Morgan fingerprint density at radius 2 is 2.12 bits per heavy atom. The molecular formula is C13H24N2O. The summed E-state index contributed by atoms with van der Waals surface area (Å²) in [6.07, 6.45) is 2.41. The van der Waals surface area contributed by atoms with E-state index in [-0.39, 0.29) is 5.92 Å². The fourth-order valence-electron chi connectivity index (χ4n) is 2.99. The molecule has 2 unspecified atom stereocenters. The van der Waals surface area contributed by atoms with E-state index < -0.39 is 0 Å². The van der Waals surface area contributed by atoms with Crippen LogP contribution in [0.4, 0.5) is 0 Å². The van der Waals surface area contributed by atoms with Gasteiger partial charge in [0.25, 0.3) is 0 Å². The molecule has 16 heavy (non-hydrogen) atoms. The molecule has 2 fully saturated rings. The summed E-state index contributed by atoms with van der Waals surface area (Å²) in [5.74, 6) is 1.09. The van der Waals surface area contributed by atoms with Crippen LogP contribution in [0.1, 0.15) is 33.6 Å². The molecule has 0 radical (unpaired) electrons. The molecule has 0 aromatic heterocycles. The van der Waals surface area contributed by atoms with Crippen LogP contribution in [-0.4, -0.2) is 37.0 Å². The first kappa shape index (κ1) is 11.9. The fourth-order valence-corrected chi connectivity index (χ4v) is 2.99. The lowest BCUT2D eigenvalue weighted by molar-refractivity contribution is -0.139. The van der Waals surface area contributed by atoms with Crippen LogP contribution in [0.2, 0.25) is 0 Å². The van der Waals surface area contributed by atoms with Gasteiger partial charge in [0.05, 0.1) is 5.92 Å². The molecule has 2 heterocycles. The van der Waals surface area contributed by atoms with Gasteiger partial charge in [-0.15, -0.1) is 0 Å². The highest BCUT2D eigenvalue weighted by Crippen LogP contribution is 2.30. The Hall–Kier alpha value is -0.570. The molecule has 2 aliphatic rings. The van der Waals surface area contributed by atoms with Crippen molar-refractivity contribution in [1.29, 1.82) is 0 Å². The molecule has 1 amide bonds. The molecule has 2 rings (SSSR count). The number of nitrogens with zero attached hydrogens (tertiary/aromatic N) is 1. The van der Waals surface area contributed by atoms with Crippen molar-refractivity contribution < 1.29 is 4.79 Å². The normalized spacial score (nSPS) is 34.1. The first-order valence-corrected chi connectivity index (χ1v) is 6.49. The summed E-state index contributed by atoms with van der Waals surface area (Å²) in [6.45, 7) is 10.5. The van der Waals surface area contributed by atoms with Crippen molar-refractivity contribution in [2.45, 2.75) is 33.6 Å². The van der Waals surface area contributed by atoms with E-state index >= 15 is 0 Å². The maximum absolute atomic E-state index is 12.4. The number of amides is 1. The number of hydrogen-bond acceptors (Lipinski definition) is 2. The van der Waals surface area contributed by atoms with Crippen molar-refractivity contribution in [3.05, 3.63) is 0 Å². The molecule has 0 spiro atoms. The van der Waals surface area contributed by atoms with E-state index in [1.54, 1.807) is 0 Å². The highest BCUT2D eigenvalue weighted by atomic mass is 16.2. The number of likely N-dealkylation sites (tertiary alicyclic amines) is 1. The van der Waals surface area contributed by atoms with Crippen LogP contribution in [0.3, 0.4) is 0 Å². The zero-order chi connectivity index (χ0) is 11.8. The SMILES string of the molecule is CC1CNCC1C(=O)N1CCCC(C)(C)C1. The Kier molecular flexibility index (Phi) is 3.24. The number of piperidine rings is 1. The second kappa shape index (κ2) is 4.36. The molecule has 3 heteroatoms.